The largest absolute Gasteiger partial charge is 0.326 e. The Morgan fingerprint density at radius 2 is 1.55 bits per heavy atom. The van der Waals surface area contributed by atoms with Crippen molar-refractivity contribution >= 4 is 11.7 Å². The van der Waals surface area contributed by atoms with E-state index in [9.17, 15) is 9.59 Å². The van der Waals surface area contributed by atoms with E-state index in [1.807, 2.05) is 68.4 Å². The number of hydrogen-bond donors (Lipinski definition) is 0. The SMILES string of the molecule is CC1(C)C(=O)CCN1C(=O)c1ccc(-c2ccccc2)cc1. The summed E-state index contributed by atoms with van der Waals surface area (Å²) in [5.74, 6) is 0.0530. The van der Waals surface area contributed by atoms with Gasteiger partial charge in [-0.2, -0.15) is 0 Å². The topological polar surface area (TPSA) is 37.4 Å². The molecule has 112 valence electrons. The molecule has 22 heavy (non-hydrogen) atoms. The van der Waals surface area contributed by atoms with Crippen LogP contribution in [0, 0.1) is 0 Å². The Bertz CT molecular complexity index is 702. The minimum atomic E-state index is -0.699. The second-order valence-corrected chi connectivity index (χ2v) is 6.13. The smallest absolute Gasteiger partial charge is 0.254 e. The molecule has 1 heterocycles. The summed E-state index contributed by atoms with van der Waals surface area (Å²) in [6.45, 7) is 4.14. The standard InChI is InChI=1S/C19H19NO2/c1-19(2)17(21)12-13-20(19)18(22)16-10-8-15(9-11-16)14-6-4-3-5-7-14/h3-11H,12-13H2,1-2H3. The highest BCUT2D eigenvalue weighted by Crippen LogP contribution is 2.27. The van der Waals surface area contributed by atoms with Gasteiger partial charge in [-0.1, -0.05) is 42.5 Å². The molecular formula is C19H19NO2. The molecule has 0 aliphatic carbocycles. The molecule has 0 atom stereocenters. The fourth-order valence-corrected chi connectivity index (χ4v) is 2.90. The average Bonchev–Trinajstić information content (AvgIpc) is 2.81. The Morgan fingerprint density at radius 1 is 0.955 bits per heavy atom. The molecule has 0 N–H and O–H groups in total. The maximum atomic E-state index is 12.6. The number of likely N-dealkylation sites (tertiary alicyclic amines) is 1. The lowest BCUT2D eigenvalue weighted by Crippen LogP contribution is -2.46. The molecule has 3 heteroatoms. The van der Waals surface area contributed by atoms with Gasteiger partial charge in [0, 0.05) is 18.5 Å². The monoisotopic (exact) mass is 293 g/mol. The van der Waals surface area contributed by atoms with Gasteiger partial charge in [0.2, 0.25) is 0 Å². The Balaban J connectivity index is 1.85. The van der Waals surface area contributed by atoms with E-state index >= 15 is 0 Å². The quantitative estimate of drug-likeness (QED) is 0.849. The number of amides is 1. The molecule has 1 amide bonds. The summed E-state index contributed by atoms with van der Waals surface area (Å²) >= 11 is 0. The Hall–Kier alpha value is -2.42. The zero-order chi connectivity index (χ0) is 15.7. The van der Waals surface area contributed by atoms with Crippen molar-refractivity contribution in [2.24, 2.45) is 0 Å². The highest BCUT2D eigenvalue weighted by atomic mass is 16.2. The number of nitrogens with zero attached hydrogens (tertiary/aromatic N) is 1. The molecular weight excluding hydrogens is 274 g/mol. The third-order valence-electron chi connectivity index (χ3n) is 4.40. The summed E-state index contributed by atoms with van der Waals surface area (Å²) in [6.07, 6.45) is 0.445. The summed E-state index contributed by atoms with van der Waals surface area (Å²) in [4.78, 5) is 26.2. The van der Waals surface area contributed by atoms with Gasteiger partial charge in [-0.3, -0.25) is 9.59 Å². The van der Waals surface area contributed by atoms with Gasteiger partial charge in [-0.05, 0) is 37.1 Å². The maximum Gasteiger partial charge on any atom is 0.254 e. The van der Waals surface area contributed by atoms with Gasteiger partial charge >= 0.3 is 0 Å². The molecule has 1 fully saturated rings. The van der Waals surface area contributed by atoms with Crippen molar-refractivity contribution in [2.45, 2.75) is 25.8 Å². The van der Waals surface area contributed by atoms with Crippen LogP contribution in [-0.4, -0.2) is 28.7 Å². The predicted octanol–water partition coefficient (Wildman–Crippen LogP) is 3.55. The first-order valence-electron chi connectivity index (χ1n) is 7.51. The number of Topliss-reactive ketones (excluding diaryl/α,β-unsaturated/α-hetero) is 1. The maximum absolute atomic E-state index is 12.6. The van der Waals surface area contributed by atoms with Crippen LogP contribution in [0.5, 0.6) is 0 Å². The molecule has 0 radical (unpaired) electrons. The molecule has 0 spiro atoms. The van der Waals surface area contributed by atoms with Gasteiger partial charge in [-0.15, -0.1) is 0 Å². The molecule has 1 aliphatic rings. The van der Waals surface area contributed by atoms with E-state index in [0.29, 0.717) is 18.5 Å². The fourth-order valence-electron chi connectivity index (χ4n) is 2.90. The number of benzene rings is 2. The first-order valence-corrected chi connectivity index (χ1v) is 7.51. The summed E-state index contributed by atoms with van der Waals surface area (Å²) in [7, 11) is 0. The highest BCUT2D eigenvalue weighted by Gasteiger charge is 2.42. The Morgan fingerprint density at radius 3 is 2.09 bits per heavy atom. The van der Waals surface area contributed by atoms with Gasteiger partial charge in [0.1, 0.15) is 0 Å². The van der Waals surface area contributed by atoms with Crippen LogP contribution in [0.3, 0.4) is 0 Å². The van der Waals surface area contributed by atoms with Crippen molar-refractivity contribution in [3.63, 3.8) is 0 Å². The van der Waals surface area contributed by atoms with Crippen LogP contribution in [0.25, 0.3) is 11.1 Å². The highest BCUT2D eigenvalue weighted by molar-refractivity contribution is 6.02. The average molecular weight is 293 g/mol. The lowest BCUT2D eigenvalue weighted by Gasteiger charge is -2.30. The summed E-state index contributed by atoms with van der Waals surface area (Å²) in [5, 5.41) is 0. The number of carbonyl (C=O) groups is 2. The second kappa shape index (κ2) is 5.41. The molecule has 1 saturated heterocycles. The lowest BCUT2D eigenvalue weighted by molar-refractivity contribution is -0.123. The van der Waals surface area contributed by atoms with Crippen molar-refractivity contribution in [1.29, 1.82) is 0 Å². The molecule has 3 nitrogen and oxygen atoms in total. The van der Waals surface area contributed by atoms with Crippen LogP contribution < -0.4 is 0 Å². The predicted molar refractivity (Wildman–Crippen MR) is 86.6 cm³/mol. The van der Waals surface area contributed by atoms with Crippen LogP contribution >= 0.6 is 0 Å². The summed E-state index contributed by atoms with van der Waals surface area (Å²) < 4.78 is 0. The minimum Gasteiger partial charge on any atom is -0.326 e. The van der Waals surface area contributed by atoms with E-state index in [0.717, 1.165) is 11.1 Å². The lowest BCUT2D eigenvalue weighted by atomic mass is 9.99. The van der Waals surface area contributed by atoms with E-state index < -0.39 is 5.54 Å². The first kappa shape index (κ1) is 14.5. The van der Waals surface area contributed by atoms with Gasteiger partial charge < -0.3 is 4.90 Å². The number of rotatable bonds is 2. The molecule has 0 bridgehead atoms. The normalized spacial score (nSPS) is 16.8. The van der Waals surface area contributed by atoms with Gasteiger partial charge in [0.25, 0.3) is 5.91 Å². The zero-order valence-electron chi connectivity index (χ0n) is 12.9. The van der Waals surface area contributed by atoms with Crippen molar-refractivity contribution in [3.05, 3.63) is 60.2 Å². The zero-order valence-corrected chi connectivity index (χ0v) is 12.9. The van der Waals surface area contributed by atoms with Crippen LogP contribution in [-0.2, 0) is 4.79 Å². The van der Waals surface area contributed by atoms with Crippen molar-refractivity contribution in [1.82, 2.24) is 4.90 Å². The Labute approximate surface area is 130 Å². The van der Waals surface area contributed by atoms with E-state index in [2.05, 4.69) is 0 Å². The van der Waals surface area contributed by atoms with Crippen molar-refractivity contribution in [3.8, 4) is 11.1 Å². The van der Waals surface area contributed by atoms with Gasteiger partial charge in [0.15, 0.2) is 5.78 Å². The van der Waals surface area contributed by atoms with Crippen molar-refractivity contribution < 1.29 is 9.59 Å². The van der Waals surface area contributed by atoms with Gasteiger partial charge in [-0.25, -0.2) is 0 Å². The molecule has 0 saturated carbocycles. The summed E-state index contributed by atoms with van der Waals surface area (Å²) in [6, 6.07) is 17.6. The fraction of sp³-hybridized carbons (Fsp3) is 0.263. The number of hydrogen-bond acceptors (Lipinski definition) is 2. The number of carbonyl (C=O) groups excluding carboxylic acids is 2. The van der Waals surface area contributed by atoms with E-state index in [4.69, 9.17) is 0 Å². The van der Waals surface area contributed by atoms with E-state index in [-0.39, 0.29) is 11.7 Å². The van der Waals surface area contributed by atoms with Crippen LogP contribution in [0.15, 0.2) is 54.6 Å². The van der Waals surface area contributed by atoms with Crippen LogP contribution in [0.1, 0.15) is 30.6 Å². The van der Waals surface area contributed by atoms with Crippen molar-refractivity contribution in [2.75, 3.05) is 6.54 Å². The molecule has 3 rings (SSSR count). The van der Waals surface area contributed by atoms with Gasteiger partial charge in [0.05, 0.1) is 5.54 Å². The van der Waals surface area contributed by atoms with E-state index in [1.54, 1.807) is 4.90 Å². The number of ketones is 1. The second-order valence-electron chi connectivity index (χ2n) is 6.13. The molecule has 0 aromatic heterocycles. The molecule has 1 aliphatic heterocycles. The third-order valence-corrected chi connectivity index (χ3v) is 4.40. The van der Waals surface area contributed by atoms with E-state index in [1.165, 1.54) is 0 Å². The Kier molecular flexibility index (Phi) is 3.57. The minimum absolute atomic E-state index is 0.0736. The first-order chi connectivity index (χ1) is 10.5. The molecule has 0 unspecified atom stereocenters. The third kappa shape index (κ3) is 2.43. The van der Waals surface area contributed by atoms with Crippen LogP contribution in [0.2, 0.25) is 0 Å². The molecule has 2 aromatic rings. The van der Waals surface area contributed by atoms with Crippen LogP contribution in [0.4, 0.5) is 0 Å². The molecule has 2 aromatic carbocycles. The summed E-state index contributed by atoms with van der Waals surface area (Å²) in [5.41, 5.74) is 2.13.